The van der Waals surface area contributed by atoms with Crippen molar-refractivity contribution in [2.45, 2.75) is 4.90 Å². The number of rotatable bonds is 3. The Morgan fingerprint density at radius 2 is 1.76 bits per heavy atom. The van der Waals surface area contributed by atoms with Gasteiger partial charge in [0.05, 0.1) is 10.4 Å². The molecule has 1 aliphatic rings. The molecule has 0 atom stereocenters. The molecule has 10 heteroatoms. The van der Waals surface area contributed by atoms with Crippen LogP contribution in [-0.2, 0) is 10.1 Å². The molecule has 0 saturated heterocycles. The maximum absolute atomic E-state index is 11.1. The molecule has 2 heterocycles. The lowest BCUT2D eigenvalue weighted by atomic mass is 10.2. The normalized spacial score (nSPS) is 13.2. The summed E-state index contributed by atoms with van der Waals surface area (Å²) in [6, 6.07) is 8.99. The van der Waals surface area contributed by atoms with Gasteiger partial charge in [-0.05, 0) is 41.9 Å². The first-order chi connectivity index (χ1) is 11.9. The lowest BCUT2D eigenvalue weighted by Gasteiger charge is -2.10. The number of aromatic nitrogens is 2. The van der Waals surface area contributed by atoms with Gasteiger partial charge in [-0.1, -0.05) is 0 Å². The summed E-state index contributed by atoms with van der Waals surface area (Å²) in [5, 5.41) is 3.75. The minimum atomic E-state index is -4.25. The van der Waals surface area contributed by atoms with Crippen LogP contribution in [0.25, 0.3) is 10.9 Å². The van der Waals surface area contributed by atoms with Gasteiger partial charge in [0.2, 0.25) is 12.1 Å². The van der Waals surface area contributed by atoms with Crippen molar-refractivity contribution in [3.8, 4) is 11.5 Å². The van der Waals surface area contributed by atoms with E-state index in [0.717, 1.165) is 0 Å². The summed E-state index contributed by atoms with van der Waals surface area (Å²) in [4.78, 5) is 8.14. The Balaban J connectivity index is 1.76. The number of fused-ring (bicyclic) bond motifs is 2. The number of ether oxygens (including phenoxy) is 2. The van der Waals surface area contributed by atoms with Crippen molar-refractivity contribution in [2.75, 3.05) is 12.1 Å². The van der Waals surface area contributed by atoms with Crippen LogP contribution < -0.4 is 14.8 Å². The molecular formula is C15H10ClN3O5S. The fourth-order valence-electron chi connectivity index (χ4n) is 2.43. The van der Waals surface area contributed by atoms with E-state index in [1.54, 1.807) is 12.1 Å². The Morgan fingerprint density at radius 3 is 2.44 bits per heavy atom. The van der Waals surface area contributed by atoms with Crippen molar-refractivity contribution >= 4 is 44.1 Å². The van der Waals surface area contributed by atoms with Gasteiger partial charge in [0.15, 0.2) is 11.5 Å². The second-order valence-corrected chi connectivity index (χ2v) is 6.95. The molecule has 0 radical (unpaired) electrons. The summed E-state index contributed by atoms with van der Waals surface area (Å²) in [5.41, 5.74) is 1.13. The van der Waals surface area contributed by atoms with Gasteiger partial charge in [0.1, 0.15) is 5.82 Å². The predicted molar refractivity (Wildman–Crippen MR) is 90.2 cm³/mol. The number of hydrogen-bond donors (Lipinski definition) is 2. The molecule has 1 aromatic heterocycles. The molecular weight excluding hydrogens is 370 g/mol. The molecule has 0 unspecified atom stereocenters. The maximum Gasteiger partial charge on any atom is 0.294 e. The molecule has 2 N–H and O–H groups in total. The Kier molecular flexibility index (Phi) is 3.64. The predicted octanol–water partition coefficient (Wildman–Crippen LogP) is 3.00. The van der Waals surface area contributed by atoms with Crippen LogP contribution >= 0.6 is 11.6 Å². The summed E-state index contributed by atoms with van der Waals surface area (Å²) in [6.45, 7) is 0.132. The first-order valence-corrected chi connectivity index (χ1v) is 8.83. The van der Waals surface area contributed by atoms with E-state index in [1.807, 2.05) is 0 Å². The number of nitrogens with zero attached hydrogens (tertiary/aromatic N) is 2. The van der Waals surface area contributed by atoms with Gasteiger partial charge >= 0.3 is 0 Å². The van der Waals surface area contributed by atoms with Gasteiger partial charge in [0.25, 0.3) is 10.1 Å². The third-order valence-electron chi connectivity index (χ3n) is 3.58. The Bertz CT molecular complexity index is 1090. The number of nitrogens with one attached hydrogen (secondary N) is 1. The van der Waals surface area contributed by atoms with E-state index < -0.39 is 10.1 Å². The molecule has 4 rings (SSSR count). The van der Waals surface area contributed by atoms with Gasteiger partial charge < -0.3 is 14.8 Å². The van der Waals surface area contributed by atoms with Crippen LogP contribution in [0.1, 0.15) is 0 Å². The third-order valence-corrected chi connectivity index (χ3v) is 4.61. The first-order valence-electron chi connectivity index (χ1n) is 7.02. The molecule has 3 aromatic rings. The fraction of sp³-hybridized carbons (Fsp3) is 0.0667. The minimum Gasteiger partial charge on any atom is -0.454 e. The van der Waals surface area contributed by atoms with Crippen molar-refractivity contribution in [3.63, 3.8) is 0 Å². The van der Waals surface area contributed by atoms with Crippen molar-refractivity contribution in [1.82, 2.24) is 9.97 Å². The molecule has 0 fully saturated rings. The molecule has 128 valence electrons. The third kappa shape index (κ3) is 3.04. The lowest BCUT2D eigenvalue weighted by Crippen LogP contribution is -2.00. The van der Waals surface area contributed by atoms with E-state index in [-0.39, 0.29) is 17.0 Å². The molecule has 0 amide bonds. The Hall–Kier alpha value is -2.62. The Labute approximate surface area is 147 Å². The minimum absolute atomic E-state index is 0.0448. The van der Waals surface area contributed by atoms with Crippen LogP contribution in [-0.4, -0.2) is 29.7 Å². The van der Waals surface area contributed by atoms with Crippen LogP contribution in [0.3, 0.4) is 0 Å². The second kappa shape index (κ2) is 5.73. The largest absolute Gasteiger partial charge is 0.454 e. The van der Waals surface area contributed by atoms with E-state index in [4.69, 9.17) is 25.6 Å². The van der Waals surface area contributed by atoms with Crippen molar-refractivity contribution in [1.29, 1.82) is 0 Å². The number of hydrogen-bond acceptors (Lipinski definition) is 7. The molecule has 0 spiro atoms. The van der Waals surface area contributed by atoms with E-state index in [0.29, 0.717) is 33.9 Å². The van der Waals surface area contributed by atoms with Gasteiger partial charge in [-0.3, -0.25) is 4.55 Å². The standard InChI is InChI=1S/C15H10ClN3O5S/c16-15-18-11-6-13-12(23-7-24-13)5-10(11)14(19-15)17-8-1-3-9(4-2-8)25(20,21)22/h1-6H,7H2,(H,17,18,19)(H,20,21,22). The average molecular weight is 380 g/mol. The van der Waals surface area contributed by atoms with Crippen LogP contribution in [0.5, 0.6) is 11.5 Å². The molecule has 2 aromatic carbocycles. The molecule has 0 aliphatic carbocycles. The van der Waals surface area contributed by atoms with E-state index in [9.17, 15) is 8.42 Å². The van der Waals surface area contributed by atoms with Crippen LogP contribution in [0.2, 0.25) is 5.28 Å². The van der Waals surface area contributed by atoms with Gasteiger partial charge in [-0.2, -0.15) is 13.4 Å². The van der Waals surface area contributed by atoms with Gasteiger partial charge in [0, 0.05) is 17.1 Å². The quantitative estimate of drug-likeness (QED) is 0.527. The second-order valence-electron chi connectivity index (χ2n) is 5.19. The maximum atomic E-state index is 11.1. The number of anilines is 2. The number of benzene rings is 2. The van der Waals surface area contributed by atoms with Crippen LogP contribution in [0.4, 0.5) is 11.5 Å². The fourth-order valence-corrected chi connectivity index (χ4v) is 3.09. The van der Waals surface area contributed by atoms with E-state index in [2.05, 4.69) is 15.3 Å². The van der Waals surface area contributed by atoms with Gasteiger partial charge in [-0.25, -0.2) is 4.98 Å². The highest BCUT2D eigenvalue weighted by Crippen LogP contribution is 2.38. The smallest absolute Gasteiger partial charge is 0.294 e. The van der Waals surface area contributed by atoms with E-state index in [1.165, 1.54) is 24.3 Å². The highest BCUT2D eigenvalue weighted by molar-refractivity contribution is 7.85. The molecule has 25 heavy (non-hydrogen) atoms. The van der Waals surface area contributed by atoms with E-state index >= 15 is 0 Å². The lowest BCUT2D eigenvalue weighted by molar-refractivity contribution is 0.174. The van der Waals surface area contributed by atoms with Crippen molar-refractivity contribution < 1.29 is 22.4 Å². The SMILES string of the molecule is O=S(=O)(O)c1ccc(Nc2nc(Cl)nc3cc4c(cc23)OCO4)cc1. The zero-order valence-corrected chi connectivity index (χ0v) is 14.0. The highest BCUT2D eigenvalue weighted by Gasteiger charge is 2.18. The first kappa shape index (κ1) is 15.9. The summed E-state index contributed by atoms with van der Waals surface area (Å²) in [6.07, 6.45) is 0. The molecule has 0 bridgehead atoms. The molecule has 8 nitrogen and oxygen atoms in total. The summed E-state index contributed by atoms with van der Waals surface area (Å²) >= 11 is 5.98. The zero-order valence-electron chi connectivity index (χ0n) is 12.4. The summed E-state index contributed by atoms with van der Waals surface area (Å²) < 4.78 is 41.9. The van der Waals surface area contributed by atoms with Crippen molar-refractivity contribution in [3.05, 3.63) is 41.7 Å². The number of halogens is 1. The van der Waals surface area contributed by atoms with Crippen LogP contribution in [0, 0.1) is 0 Å². The average Bonchev–Trinajstić information content (AvgIpc) is 3.00. The summed E-state index contributed by atoms with van der Waals surface area (Å²) in [5.74, 6) is 1.57. The van der Waals surface area contributed by atoms with Crippen molar-refractivity contribution in [2.24, 2.45) is 0 Å². The zero-order chi connectivity index (χ0) is 17.6. The highest BCUT2D eigenvalue weighted by atomic mass is 35.5. The monoisotopic (exact) mass is 379 g/mol. The molecule has 1 aliphatic heterocycles. The topological polar surface area (TPSA) is 111 Å². The van der Waals surface area contributed by atoms with Gasteiger partial charge in [-0.15, -0.1) is 0 Å². The van der Waals surface area contributed by atoms with Crippen LogP contribution in [0.15, 0.2) is 41.3 Å². The Morgan fingerprint density at radius 1 is 1.08 bits per heavy atom. The molecule has 0 saturated carbocycles. The summed E-state index contributed by atoms with van der Waals surface area (Å²) in [7, 11) is -4.25.